The zero-order valence-electron chi connectivity index (χ0n) is 8.66. The Labute approximate surface area is 89.0 Å². The van der Waals surface area contributed by atoms with E-state index in [9.17, 15) is 0 Å². The summed E-state index contributed by atoms with van der Waals surface area (Å²) in [7, 11) is 0. The fourth-order valence-electron chi connectivity index (χ4n) is 2.18. The quantitative estimate of drug-likeness (QED) is 0.696. The van der Waals surface area contributed by atoms with Crippen LogP contribution in [0.4, 0.5) is 0 Å². The van der Waals surface area contributed by atoms with E-state index in [-0.39, 0.29) is 6.10 Å². The molecular formula is C13H13NO. The first-order valence-corrected chi connectivity index (χ1v) is 5.18. The second-order valence-electron chi connectivity index (χ2n) is 4.17. The van der Waals surface area contributed by atoms with Crippen LogP contribution in [0.2, 0.25) is 0 Å². The average molecular weight is 199 g/mol. The van der Waals surface area contributed by atoms with E-state index in [0.29, 0.717) is 0 Å². The Balaban J connectivity index is 2.11. The zero-order valence-corrected chi connectivity index (χ0v) is 8.66. The van der Waals surface area contributed by atoms with Crippen molar-refractivity contribution in [3.63, 3.8) is 0 Å². The van der Waals surface area contributed by atoms with Crippen molar-refractivity contribution >= 4 is 5.57 Å². The van der Waals surface area contributed by atoms with Crippen LogP contribution in [0.1, 0.15) is 17.5 Å². The van der Waals surface area contributed by atoms with Gasteiger partial charge in [0.2, 0.25) is 0 Å². The van der Waals surface area contributed by atoms with Crippen LogP contribution in [0.25, 0.3) is 5.57 Å². The molecule has 0 radical (unpaired) electrons. The molecule has 0 fully saturated rings. The van der Waals surface area contributed by atoms with Gasteiger partial charge in [0.1, 0.15) is 11.9 Å². The van der Waals surface area contributed by atoms with E-state index in [0.717, 1.165) is 17.9 Å². The van der Waals surface area contributed by atoms with E-state index in [1.165, 1.54) is 16.7 Å². The summed E-state index contributed by atoms with van der Waals surface area (Å²) in [6.45, 7) is 2.08. The number of hydrogen-bond acceptors (Lipinski definition) is 2. The summed E-state index contributed by atoms with van der Waals surface area (Å²) >= 11 is 0. The van der Waals surface area contributed by atoms with Crippen molar-refractivity contribution in [1.82, 2.24) is 0 Å². The summed E-state index contributed by atoms with van der Waals surface area (Å²) in [6, 6.07) is 6.34. The van der Waals surface area contributed by atoms with Gasteiger partial charge in [-0.1, -0.05) is 18.2 Å². The van der Waals surface area contributed by atoms with Crippen LogP contribution < -0.4 is 10.5 Å². The molecule has 1 aliphatic heterocycles. The maximum Gasteiger partial charge on any atom is 0.130 e. The van der Waals surface area contributed by atoms with Crippen molar-refractivity contribution in [2.24, 2.45) is 5.73 Å². The number of benzene rings is 1. The van der Waals surface area contributed by atoms with Crippen LogP contribution in [0.3, 0.4) is 0 Å². The molecule has 1 heterocycles. The number of hydrogen-bond donors (Lipinski definition) is 1. The molecule has 1 aliphatic carbocycles. The molecule has 76 valence electrons. The van der Waals surface area contributed by atoms with Crippen molar-refractivity contribution < 1.29 is 4.74 Å². The highest BCUT2D eigenvalue weighted by atomic mass is 16.5. The first-order valence-electron chi connectivity index (χ1n) is 5.18. The van der Waals surface area contributed by atoms with Gasteiger partial charge in [-0.3, -0.25) is 0 Å². The van der Waals surface area contributed by atoms with E-state index in [1.807, 2.05) is 6.08 Å². The number of ether oxygens (including phenoxy) is 1. The van der Waals surface area contributed by atoms with Gasteiger partial charge in [-0.2, -0.15) is 0 Å². The molecule has 2 N–H and O–H groups in total. The van der Waals surface area contributed by atoms with Crippen molar-refractivity contribution in [3.8, 4) is 5.75 Å². The van der Waals surface area contributed by atoms with Crippen LogP contribution in [0, 0.1) is 6.92 Å². The molecule has 2 nitrogen and oxygen atoms in total. The third-order valence-electron chi connectivity index (χ3n) is 2.96. The second-order valence-corrected chi connectivity index (χ2v) is 4.17. The predicted molar refractivity (Wildman–Crippen MR) is 60.5 cm³/mol. The van der Waals surface area contributed by atoms with Gasteiger partial charge >= 0.3 is 0 Å². The maximum absolute atomic E-state index is 5.87. The largest absolute Gasteiger partial charge is 0.485 e. The molecular weight excluding hydrogens is 186 g/mol. The Morgan fingerprint density at radius 1 is 1.33 bits per heavy atom. The third kappa shape index (κ3) is 1.25. The lowest BCUT2D eigenvalue weighted by Crippen LogP contribution is -2.18. The van der Waals surface area contributed by atoms with Gasteiger partial charge in [-0.25, -0.2) is 0 Å². The van der Waals surface area contributed by atoms with Crippen molar-refractivity contribution in [2.45, 2.75) is 19.4 Å². The second kappa shape index (κ2) is 2.89. The molecule has 2 aliphatic rings. The van der Waals surface area contributed by atoms with Gasteiger partial charge in [-0.05, 0) is 24.6 Å². The summed E-state index contributed by atoms with van der Waals surface area (Å²) in [4.78, 5) is 0. The molecule has 1 unspecified atom stereocenters. The van der Waals surface area contributed by atoms with Crippen LogP contribution in [-0.2, 0) is 0 Å². The highest BCUT2D eigenvalue weighted by Crippen LogP contribution is 2.41. The van der Waals surface area contributed by atoms with Gasteiger partial charge in [0.05, 0.1) is 0 Å². The van der Waals surface area contributed by atoms with Crippen LogP contribution in [0.15, 0.2) is 36.0 Å². The van der Waals surface area contributed by atoms with Gasteiger partial charge in [0.15, 0.2) is 0 Å². The Bertz CT molecular complexity index is 485. The van der Waals surface area contributed by atoms with Crippen molar-refractivity contribution in [2.75, 3.05) is 0 Å². The number of fused-ring (bicyclic) bond motifs is 3. The zero-order chi connectivity index (χ0) is 10.4. The van der Waals surface area contributed by atoms with Crippen molar-refractivity contribution in [1.29, 1.82) is 0 Å². The first-order chi connectivity index (χ1) is 7.24. The van der Waals surface area contributed by atoms with E-state index in [2.05, 4.69) is 31.2 Å². The molecule has 1 aromatic carbocycles. The maximum atomic E-state index is 5.87. The Kier molecular flexibility index (Phi) is 1.66. The summed E-state index contributed by atoms with van der Waals surface area (Å²) in [5.74, 6) is 0.995. The summed E-state index contributed by atoms with van der Waals surface area (Å²) in [5.41, 5.74) is 10.4. The van der Waals surface area contributed by atoms with Crippen LogP contribution >= 0.6 is 0 Å². The Hall–Kier alpha value is -1.70. The third-order valence-corrected chi connectivity index (χ3v) is 2.96. The minimum Gasteiger partial charge on any atom is -0.485 e. The summed E-state index contributed by atoms with van der Waals surface area (Å²) in [6.07, 6.45) is 4.99. The van der Waals surface area contributed by atoms with Crippen LogP contribution in [0.5, 0.6) is 5.75 Å². The summed E-state index contributed by atoms with van der Waals surface area (Å²) < 4.78 is 5.87. The lowest BCUT2D eigenvalue weighted by atomic mass is 9.95. The standard InChI is InChI=1S/C13H13NO/c1-8-2-4-10-11-5-3-9(14)7-13(11)15-12(10)6-8/h2-6,13H,7,14H2,1H3. The highest BCUT2D eigenvalue weighted by molar-refractivity contribution is 5.79. The fraction of sp³-hybridized carbons (Fsp3) is 0.231. The smallest absolute Gasteiger partial charge is 0.130 e. The van der Waals surface area contributed by atoms with Gasteiger partial charge in [-0.15, -0.1) is 0 Å². The summed E-state index contributed by atoms with van der Waals surface area (Å²) in [5, 5.41) is 0. The van der Waals surface area contributed by atoms with Crippen LogP contribution in [-0.4, -0.2) is 6.10 Å². The number of rotatable bonds is 0. The molecule has 1 atom stereocenters. The molecule has 15 heavy (non-hydrogen) atoms. The van der Waals surface area contributed by atoms with Gasteiger partial charge < -0.3 is 10.5 Å². The highest BCUT2D eigenvalue weighted by Gasteiger charge is 2.30. The molecule has 0 aromatic heterocycles. The van der Waals surface area contributed by atoms with Crippen molar-refractivity contribution in [3.05, 3.63) is 47.2 Å². The normalized spacial score (nSPS) is 22.3. The van der Waals surface area contributed by atoms with E-state index in [1.54, 1.807) is 0 Å². The van der Waals surface area contributed by atoms with Gasteiger partial charge in [0.25, 0.3) is 0 Å². The lowest BCUT2D eigenvalue weighted by Gasteiger charge is -2.15. The topological polar surface area (TPSA) is 35.2 Å². The predicted octanol–water partition coefficient (Wildman–Crippen LogP) is 2.39. The Morgan fingerprint density at radius 2 is 2.20 bits per heavy atom. The minimum absolute atomic E-state index is 0.131. The molecule has 2 heteroatoms. The van der Waals surface area contributed by atoms with E-state index >= 15 is 0 Å². The molecule has 0 amide bonds. The molecule has 0 bridgehead atoms. The molecule has 0 spiro atoms. The average Bonchev–Trinajstić information content (AvgIpc) is 2.53. The lowest BCUT2D eigenvalue weighted by molar-refractivity contribution is 0.274. The van der Waals surface area contributed by atoms with Gasteiger partial charge in [0, 0.05) is 23.3 Å². The van der Waals surface area contributed by atoms with E-state index < -0.39 is 0 Å². The number of aryl methyl sites for hydroxylation is 1. The first kappa shape index (κ1) is 8.60. The number of allylic oxidation sites excluding steroid dienone is 2. The molecule has 0 saturated carbocycles. The fourth-order valence-corrected chi connectivity index (χ4v) is 2.18. The van der Waals surface area contributed by atoms with E-state index in [4.69, 9.17) is 10.5 Å². The molecule has 0 saturated heterocycles. The molecule has 3 rings (SSSR count). The SMILES string of the molecule is Cc1ccc2c(c1)OC1CC(N)=CC=C21. The monoisotopic (exact) mass is 199 g/mol. The minimum atomic E-state index is 0.131. The molecule has 1 aromatic rings. The number of nitrogens with two attached hydrogens (primary N) is 1. The Morgan fingerprint density at radius 3 is 3.07 bits per heavy atom.